The highest BCUT2D eigenvalue weighted by Crippen LogP contribution is 2.36. The summed E-state index contributed by atoms with van der Waals surface area (Å²) in [4.78, 5) is 2.25. The molecular weight excluding hydrogens is 313 g/mol. The number of hydrogen-bond donors (Lipinski definition) is 1. The molecule has 2 nitrogen and oxygen atoms in total. The van der Waals surface area contributed by atoms with Crippen molar-refractivity contribution < 1.29 is 13.2 Å². The molecule has 0 spiro atoms. The van der Waals surface area contributed by atoms with E-state index in [-0.39, 0.29) is 11.1 Å². The Hall–Kier alpha value is -0.780. The summed E-state index contributed by atoms with van der Waals surface area (Å²) in [5, 5.41) is 3.42. The van der Waals surface area contributed by atoms with Crippen LogP contribution in [0.2, 0.25) is 5.02 Å². The van der Waals surface area contributed by atoms with Crippen molar-refractivity contribution in [3.8, 4) is 0 Å². The highest BCUT2D eigenvalue weighted by atomic mass is 35.5. The van der Waals surface area contributed by atoms with Gasteiger partial charge in [-0.3, -0.25) is 4.90 Å². The van der Waals surface area contributed by atoms with Gasteiger partial charge in [-0.2, -0.15) is 13.2 Å². The van der Waals surface area contributed by atoms with Crippen LogP contribution >= 0.6 is 11.6 Å². The Morgan fingerprint density at radius 3 is 2.36 bits per heavy atom. The Labute approximate surface area is 134 Å². The third-order valence-corrected chi connectivity index (χ3v) is 4.14. The van der Waals surface area contributed by atoms with Gasteiger partial charge in [0.25, 0.3) is 0 Å². The molecule has 1 aliphatic heterocycles. The van der Waals surface area contributed by atoms with Crippen molar-refractivity contribution in [2.24, 2.45) is 5.92 Å². The smallest absolute Gasteiger partial charge is 0.314 e. The topological polar surface area (TPSA) is 15.3 Å². The van der Waals surface area contributed by atoms with E-state index in [0.29, 0.717) is 11.5 Å². The molecule has 0 saturated carbocycles. The van der Waals surface area contributed by atoms with Crippen LogP contribution in [0.25, 0.3) is 0 Å². The van der Waals surface area contributed by atoms with E-state index in [1.165, 1.54) is 6.07 Å². The first-order valence-corrected chi connectivity index (χ1v) is 7.97. The van der Waals surface area contributed by atoms with E-state index in [4.69, 9.17) is 11.6 Å². The summed E-state index contributed by atoms with van der Waals surface area (Å²) in [6.45, 7) is 7.58. The molecule has 1 atom stereocenters. The lowest BCUT2D eigenvalue weighted by molar-refractivity contribution is -0.137. The Bertz CT molecular complexity index is 497. The fourth-order valence-electron chi connectivity index (χ4n) is 2.90. The predicted octanol–water partition coefficient (Wildman–Crippen LogP) is 4.35. The minimum Gasteiger partial charge on any atom is -0.314 e. The molecule has 0 aliphatic carbocycles. The highest BCUT2D eigenvalue weighted by Gasteiger charge is 2.32. The van der Waals surface area contributed by atoms with Crippen LogP contribution in [-0.2, 0) is 6.18 Å². The lowest BCUT2D eigenvalue weighted by Crippen LogP contribution is -2.45. The molecule has 2 rings (SSSR count). The normalized spacial score (nSPS) is 18.7. The van der Waals surface area contributed by atoms with E-state index < -0.39 is 11.7 Å². The van der Waals surface area contributed by atoms with Crippen molar-refractivity contribution >= 4 is 11.6 Å². The number of nitrogens with one attached hydrogen (secondary N) is 1. The quantitative estimate of drug-likeness (QED) is 0.880. The molecule has 6 heteroatoms. The molecule has 1 aromatic rings. The summed E-state index contributed by atoms with van der Waals surface area (Å²) in [5.41, 5.74) is -0.00526. The maximum atomic E-state index is 13.0. The van der Waals surface area contributed by atoms with Crippen LogP contribution in [0, 0.1) is 5.92 Å². The monoisotopic (exact) mass is 334 g/mol. The number of nitrogens with zero attached hydrogens (tertiary/aromatic N) is 1. The molecule has 0 amide bonds. The Balaban J connectivity index is 2.35. The van der Waals surface area contributed by atoms with Gasteiger partial charge in [-0.25, -0.2) is 0 Å². The number of hydrogen-bond acceptors (Lipinski definition) is 2. The van der Waals surface area contributed by atoms with Crippen LogP contribution in [0.5, 0.6) is 0 Å². The molecule has 1 N–H and O–H groups in total. The van der Waals surface area contributed by atoms with E-state index in [1.54, 1.807) is 6.07 Å². The number of rotatable bonds is 4. The van der Waals surface area contributed by atoms with Gasteiger partial charge in [-0.15, -0.1) is 0 Å². The van der Waals surface area contributed by atoms with Gasteiger partial charge in [-0.05, 0) is 36.1 Å². The SMILES string of the molecule is CC(C)C[C@H](c1cc(Cl)cc(C(F)(F)F)c1)N1CCNCC1. The predicted molar refractivity (Wildman–Crippen MR) is 83.1 cm³/mol. The molecule has 0 bridgehead atoms. The maximum Gasteiger partial charge on any atom is 0.416 e. The average Bonchev–Trinajstić information content (AvgIpc) is 2.44. The lowest BCUT2D eigenvalue weighted by atomic mass is 9.93. The average molecular weight is 335 g/mol. The van der Waals surface area contributed by atoms with E-state index in [2.05, 4.69) is 24.1 Å². The first kappa shape index (κ1) is 17.6. The Morgan fingerprint density at radius 2 is 1.82 bits per heavy atom. The minimum absolute atomic E-state index is 0.0260. The Morgan fingerprint density at radius 1 is 1.18 bits per heavy atom. The summed E-state index contributed by atoms with van der Waals surface area (Å²) in [6.07, 6.45) is -3.55. The summed E-state index contributed by atoms with van der Waals surface area (Å²) in [6, 6.07) is 3.89. The first-order chi connectivity index (χ1) is 10.3. The van der Waals surface area contributed by atoms with Crippen LogP contribution in [-0.4, -0.2) is 31.1 Å². The standard InChI is InChI=1S/C16H22ClF3N2/c1-11(2)7-15(22-5-3-21-4-6-22)12-8-13(16(18,19)20)10-14(17)9-12/h8-11,15,21H,3-7H2,1-2H3/t15-/m1/s1. The maximum absolute atomic E-state index is 13.0. The molecule has 1 saturated heterocycles. The molecular formula is C16H22ClF3N2. The largest absolute Gasteiger partial charge is 0.416 e. The van der Waals surface area contributed by atoms with Crippen LogP contribution in [0.4, 0.5) is 13.2 Å². The van der Waals surface area contributed by atoms with E-state index in [0.717, 1.165) is 38.7 Å². The van der Waals surface area contributed by atoms with Gasteiger partial charge >= 0.3 is 6.18 Å². The molecule has 1 heterocycles. The summed E-state index contributed by atoms with van der Waals surface area (Å²) >= 11 is 5.94. The van der Waals surface area contributed by atoms with Gasteiger partial charge in [-0.1, -0.05) is 25.4 Å². The molecule has 22 heavy (non-hydrogen) atoms. The number of piperazine rings is 1. The van der Waals surface area contributed by atoms with Crippen molar-refractivity contribution in [3.05, 3.63) is 34.3 Å². The van der Waals surface area contributed by atoms with E-state index in [9.17, 15) is 13.2 Å². The zero-order valence-electron chi connectivity index (χ0n) is 12.9. The van der Waals surface area contributed by atoms with Gasteiger partial charge < -0.3 is 5.32 Å². The van der Waals surface area contributed by atoms with Gasteiger partial charge in [0.15, 0.2) is 0 Å². The Kier molecular flexibility index (Phi) is 5.75. The van der Waals surface area contributed by atoms with Crippen molar-refractivity contribution in [2.45, 2.75) is 32.5 Å². The third-order valence-electron chi connectivity index (χ3n) is 3.92. The van der Waals surface area contributed by atoms with Gasteiger partial charge in [0.2, 0.25) is 0 Å². The molecule has 124 valence electrons. The number of alkyl halides is 3. The second-order valence-corrected chi connectivity index (χ2v) is 6.64. The van der Waals surface area contributed by atoms with Crippen LogP contribution in [0.1, 0.15) is 37.4 Å². The molecule has 0 unspecified atom stereocenters. The third kappa shape index (κ3) is 4.61. The fourth-order valence-corrected chi connectivity index (χ4v) is 3.15. The summed E-state index contributed by atoms with van der Waals surface area (Å²) < 4.78 is 39.1. The van der Waals surface area contributed by atoms with Crippen LogP contribution in [0.15, 0.2) is 18.2 Å². The second kappa shape index (κ2) is 7.20. The summed E-state index contributed by atoms with van der Waals surface area (Å²) in [5.74, 6) is 0.396. The zero-order valence-corrected chi connectivity index (χ0v) is 13.6. The molecule has 1 aliphatic rings. The van der Waals surface area contributed by atoms with Crippen molar-refractivity contribution in [2.75, 3.05) is 26.2 Å². The summed E-state index contributed by atoms with van der Waals surface area (Å²) in [7, 11) is 0. The number of halogens is 4. The van der Waals surface area contributed by atoms with Gasteiger partial charge in [0.1, 0.15) is 0 Å². The van der Waals surface area contributed by atoms with Crippen molar-refractivity contribution in [1.29, 1.82) is 0 Å². The van der Waals surface area contributed by atoms with Crippen LogP contribution < -0.4 is 5.32 Å². The zero-order chi connectivity index (χ0) is 16.3. The van der Waals surface area contributed by atoms with Gasteiger partial charge in [0, 0.05) is 37.2 Å². The second-order valence-electron chi connectivity index (χ2n) is 6.20. The van der Waals surface area contributed by atoms with Crippen LogP contribution in [0.3, 0.4) is 0 Å². The molecule has 1 aromatic carbocycles. The first-order valence-electron chi connectivity index (χ1n) is 7.60. The molecule has 0 aromatic heterocycles. The molecule has 1 fully saturated rings. The molecule has 0 radical (unpaired) electrons. The van der Waals surface area contributed by atoms with E-state index >= 15 is 0 Å². The fraction of sp³-hybridized carbons (Fsp3) is 0.625. The van der Waals surface area contributed by atoms with Crippen molar-refractivity contribution in [3.63, 3.8) is 0 Å². The minimum atomic E-state index is -4.37. The van der Waals surface area contributed by atoms with E-state index in [1.807, 2.05) is 0 Å². The van der Waals surface area contributed by atoms with Crippen molar-refractivity contribution in [1.82, 2.24) is 10.2 Å². The van der Waals surface area contributed by atoms with Gasteiger partial charge in [0.05, 0.1) is 5.56 Å². The number of benzene rings is 1. The lowest BCUT2D eigenvalue weighted by Gasteiger charge is -2.36. The highest BCUT2D eigenvalue weighted by molar-refractivity contribution is 6.30.